The van der Waals surface area contributed by atoms with Gasteiger partial charge in [-0.15, -0.1) is 0 Å². The highest BCUT2D eigenvalue weighted by atomic mass is 19.1. The molecule has 1 aliphatic heterocycles. The lowest BCUT2D eigenvalue weighted by atomic mass is 9.94. The third kappa shape index (κ3) is 3.34. The maximum absolute atomic E-state index is 12.5. The van der Waals surface area contributed by atoms with Gasteiger partial charge in [-0.2, -0.15) is 0 Å². The maximum atomic E-state index is 12.5. The summed E-state index contributed by atoms with van der Waals surface area (Å²) in [6, 6.07) is 3.80. The predicted octanol–water partition coefficient (Wildman–Crippen LogP) is 3.38. The van der Waals surface area contributed by atoms with Gasteiger partial charge in [0.15, 0.2) is 0 Å². The molecule has 6 nitrogen and oxygen atoms in total. The van der Waals surface area contributed by atoms with E-state index in [2.05, 4.69) is 19.9 Å². The summed E-state index contributed by atoms with van der Waals surface area (Å²) in [6.45, 7) is 1.55. The van der Waals surface area contributed by atoms with E-state index in [-0.39, 0.29) is 6.67 Å². The second-order valence-corrected chi connectivity index (χ2v) is 6.64. The summed E-state index contributed by atoms with van der Waals surface area (Å²) in [7, 11) is 1.64. The highest BCUT2D eigenvalue weighted by Gasteiger charge is 2.20. The van der Waals surface area contributed by atoms with Crippen molar-refractivity contribution in [2.75, 3.05) is 31.8 Å². The minimum atomic E-state index is -0.221. The molecule has 0 spiro atoms. The third-order valence-corrected chi connectivity index (χ3v) is 5.01. The molecule has 26 heavy (non-hydrogen) atoms. The fourth-order valence-electron chi connectivity index (χ4n) is 3.42. The van der Waals surface area contributed by atoms with Crippen LogP contribution >= 0.6 is 0 Å². The Morgan fingerprint density at radius 1 is 1.15 bits per heavy atom. The number of anilines is 1. The van der Waals surface area contributed by atoms with Crippen molar-refractivity contribution in [2.24, 2.45) is 5.92 Å². The summed E-state index contributed by atoms with van der Waals surface area (Å²) in [4.78, 5) is 15.8. The fourth-order valence-corrected chi connectivity index (χ4v) is 3.42. The minimum absolute atomic E-state index is 0.221. The predicted molar refractivity (Wildman–Crippen MR) is 98.3 cm³/mol. The van der Waals surface area contributed by atoms with E-state index in [0.717, 1.165) is 54.5 Å². The molecule has 7 heteroatoms. The van der Waals surface area contributed by atoms with Gasteiger partial charge in [-0.3, -0.25) is 4.39 Å². The zero-order valence-corrected chi connectivity index (χ0v) is 14.8. The summed E-state index contributed by atoms with van der Waals surface area (Å²) in [6.07, 6.45) is 10.1. The van der Waals surface area contributed by atoms with Gasteiger partial charge < -0.3 is 14.0 Å². The fraction of sp³-hybridized carbons (Fsp3) is 0.421. The van der Waals surface area contributed by atoms with Gasteiger partial charge in [0.1, 0.15) is 11.4 Å². The van der Waals surface area contributed by atoms with E-state index in [9.17, 15) is 4.39 Å². The number of pyridine rings is 1. The summed E-state index contributed by atoms with van der Waals surface area (Å²) in [5, 5.41) is 0. The third-order valence-electron chi connectivity index (χ3n) is 5.01. The number of ether oxygens (including phenoxy) is 1. The lowest BCUT2D eigenvalue weighted by Gasteiger charge is -2.31. The highest BCUT2D eigenvalue weighted by Crippen LogP contribution is 2.25. The van der Waals surface area contributed by atoms with Crippen molar-refractivity contribution in [3.05, 3.63) is 36.9 Å². The van der Waals surface area contributed by atoms with E-state index in [1.165, 1.54) is 0 Å². The lowest BCUT2D eigenvalue weighted by molar-refractivity contribution is 0.331. The first-order valence-corrected chi connectivity index (χ1v) is 8.93. The second-order valence-electron chi connectivity index (χ2n) is 6.64. The van der Waals surface area contributed by atoms with Crippen molar-refractivity contribution in [1.82, 2.24) is 19.4 Å². The average molecular weight is 355 g/mol. The summed E-state index contributed by atoms with van der Waals surface area (Å²) in [5.74, 6) is 2.01. The van der Waals surface area contributed by atoms with Crippen LogP contribution in [-0.2, 0) is 0 Å². The number of methoxy groups -OCH3 is 1. The number of rotatable bonds is 5. The zero-order valence-electron chi connectivity index (χ0n) is 14.8. The van der Waals surface area contributed by atoms with Crippen LogP contribution in [0.5, 0.6) is 5.75 Å². The number of imidazole rings is 1. The number of hydrogen-bond donors (Lipinski definition) is 0. The number of halogens is 1. The van der Waals surface area contributed by atoms with Crippen molar-refractivity contribution in [3.8, 4) is 17.0 Å². The average Bonchev–Trinajstić information content (AvgIpc) is 3.12. The Morgan fingerprint density at radius 3 is 2.62 bits per heavy atom. The maximum Gasteiger partial charge on any atom is 0.225 e. The molecule has 4 heterocycles. The zero-order chi connectivity index (χ0) is 17.9. The van der Waals surface area contributed by atoms with Crippen molar-refractivity contribution in [2.45, 2.75) is 19.3 Å². The Bertz CT molecular complexity index is 871. The van der Waals surface area contributed by atoms with E-state index in [4.69, 9.17) is 4.74 Å². The molecule has 1 saturated heterocycles. The number of nitrogens with zero attached hydrogens (tertiary/aromatic N) is 5. The van der Waals surface area contributed by atoms with E-state index in [1.807, 2.05) is 41.3 Å². The quantitative estimate of drug-likeness (QED) is 0.702. The van der Waals surface area contributed by atoms with Crippen LogP contribution in [0.2, 0.25) is 0 Å². The van der Waals surface area contributed by atoms with E-state index in [0.29, 0.717) is 12.3 Å². The number of piperidine rings is 1. The van der Waals surface area contributed by atoms with Crippen molar-refractivity contribution >= 4 is 11.6 Å². The standard InChI is InChI=1S/C19H22FN5O/c1-26-16-2-3-18-23-17(13-25(18)12-16)15-10-21-19(22-11-15)24-8-5-14(4-7-20)6-9-24/h2-3,10-14H,4-9H2,1H3. The molecule has 0 atom stereocenters. The first-order chi connectivity index (χ1) is 12.8. The van der Waals surface area contributed by atoms with Crippen molar-refractivity contribution in [1.29, 1.82) is 0 Å². The monoisotopic (exact) mass is 355 g/mol. The topological polar surface area (TPSA) is 55.6 Å². The van der Waals surface area contributed by atoms with Gasteiger partial charge in [-0.25, -0.2) is 15.0 Å². The number of aromatic nitrogens is 4. The largest absolute Gasteiger partial charge is 0.495 e. The molecule has 0 radical (unpaired) electrons. The van der Waals surface area contributed by atoms with Crippen LogP contribution in [0.4, 0.5) is 10.3 Å². The molecule has 0 amide bonds. The van der Waals surface area contributed by atoms with Crippen LogP contribution in [0, 0.1) is 5.92 Å². The van der Waals surface area contributed by atoms with Crippen LogP contribution in [-0.4, -0.2) is 46.2 Å². The van der Waals surface area contributed by atoms with E-state index >= 15 is 0 Å². The highest BCUT2D eigenvalue weighted by molar-refractivity contribution is 5.61. The normalized spacial score (nSPS) is 15.5. The van der Waals surface area contributed by atoms with Gasteiger partial charge in [-0.05, 0) is 37.3 Å². The molecule has 0 bridgehead atoms. The summed E-state index contributed by atoms with van der Waals surface area (Å²) in [5.41, 5.74) is 2.55. The Labute approximate surface area is 151 Å². The molecular formula is C19H22FN5O. The Balaban J connectivity index is 1.49. The second kappa shape index (κ2) is 7.27. The van der Waals surface area contributed by atoms with Gasteiger partial charge in [0.05, 0.1) is 25.7 Å². The van der Waals surface area contributed by atoms with Gasteiger partial charge >= 0.3 is 0 Å². The number of hydrogen-bond acceptors (Lipinski definition) is 5. The van der Waals surface area contributed by atoms with Gasteiger partial charge in [0.25, 0.3) is 0 Å². The number of fused-ring (bicyclic) bond motifs is 1. The van der Waals surface area contributed by atoms with E-state index < -0.39 is 0 Å². The SMILES string of the molecule is COc1ccc2nc(-c3cnc(N4CCC(CCF)CC4)nc3)cn2c1. The molecule has 0 N–H and O–H groups in total. The number of alkyl halides is 1. The van der Waals surface area contributed by atoms with Crippen LogP contribution < -0.4 is 9.64 Å². The Morgan fingerprint density at radius 2 is 1.92 bits per heavy atom. The van der Waals surface area contributed by atoms with Crippen LogP contribution in [0.15, 0.2) is 36.9 Å². The molecule has 0 unspecified atom stereocenters. The molecule has 136 valence electrons. The van der Waals surface area contributed by atoms with Gasteiger partial charge in [0, 0.05) is 37.2 Å². The smallest absolute Gasteiger partial charge is 0.225 e. The molecule has 1 fully saturated rings. The molecule has 0 saturated carbocycles. The molecule has 0 aromatic carbocycles. The van der Waals surface area contributed by atoms with Crippen molar-refractivity contribution < 1.29 is 9.13 Å². The van der Waals surface area contributed by atoms with E-state index in [1.54, 1.807) is 7.11 Å². The van der Waals surface area contributed by atoms with Crippen LogP contribution in [0.3, 0.4) is 0 Å². The van der Waals surface area contributed by atoms with Gasteiger partial charge in [-0.1, -0.05) is 0 Å². The molecular weight excluding hydrogens is 333 g/mol. The Kier molecular flexibility index (Phi) is 4.69. The molecule has 0 aliphatic carbocycles. The Hall–Kier alpha value is -2.70. The minimum Gasteiger partial charge on any atom is -0.495 e. The molecule has 1 aliphatic rings. The summed E-state index contributed by atoms with van der Waals surface area (Å²) >= 11 is 0. The molecule has 3 aromatic heterocycles. The lowest BCUT2D eigenvalue weighted by Crippen LogP contribution is -2.34. The molecule has 4 rings (SSSR count). The first-order valence-electron chi connectivity index (χ1n) is 8.93. The van der Waals surface area contributed by atoms with Crippen molar-refractivity contribution in [3.63, 3.8) is 0 Å². The molecule has 3 aromatic rings. The van der Waals surface area contributed by atoms with Crippen LogP contribution in [0.1, 0.15) is 19.3 Å². The first kappa shape index (κ1) is 16.8. The van der Waals surface area contributed by atoms with Crippen LogP contribution in [0.25, 0.3) is 16.9 Å². The summed E-state index contributed by atoms with van der Waals surface area (Å²) < 4.78 is 19.6. The van der Waals surface area contributed by atoms with Gasteiger partial charge in [0.2, 0.25) is 5.95 Å².